The Kier molecular flexibility index (Phi) is 4.81. The number of ether oxygens (including phenoxy) is 1. The second kappa shape index (κ2) is 5.90. The van der Waals surface area contributed by atoms with Crippen LogP contribution in [0.4, 0.5) is 0 Å². The van der Waals surface area contributed by atoms with E-state index >= 15 is 0 Å². The molecule has 2 nitrogen and oxygen atoms in total. The Bertz CT molecular complexity index is 322. The number of nitrogens with one attached hydrogen (secondary N) is 1. The summed E-state index contributed by atoms with van der Waals surface area (Å²) in [6, 6.07) is 8.66. The fourth-order valence-electron chi connectivity index (χ4n) is 1.37. The lowest BCUT2D eigenvalue weighted by atomic mass is 10.1. The summed E-state index contributed by atoms with van der Waals surface area (Å²) in [7, 11) is 1.97. The van der Waals surface area contributed by atoms with Gasteiger partial charge in [-0.15, -0.1) is 0 Å². The Hall–Kier alpha value is -1.02. The van der Waals surface area contributed by atoms with Gasteiger partial charge in [-0.25, -0.2) is 0 Å². The van der Waals surface area contributed by atoms with E-state index in [1.807, 2.05) is 19.2 Å². The minimum atomic E-state index is 0.250. The van der Waals surface area contributed by atoms with E-state index < -0.39 is 0 Å². The predicted octanol–water partition coefficient (Wildman–Crippen LogP) is 3.39. The second-order valence-corrected chi connectivity index (χ2v) is 4.65. The molecule has 1 rings (SSSR count). The van der Waals surface area contributed by atoms with Crippen molar-refractivity contribution in [3.63, 3.8) is 0 Å². The molecule has 0 heterocycles. The summed E-state index contributed by atoms with van der Waals surface area (Å²) in [6.45, 7) is 8.60. The molecule has 0 aliphatic carbocycles. The number of rotatable bonds is 5. The van der Waals surface area contributed by atoms with Crippen molar-refractivity contribution in [2.24, 2.45) is 5.92 Å². The molecule has 0 radical (unpaired) electrons. The van der Waals surface area contributed by atoms with E-state index in [2.05, 4.69) is 45.1 Å². The number of hydrogen-bond donors (Lipinski definition) is 1. The average molecular weight is 221 g/mol. The first kappa shape index (κ1) is 13.0. The van der Waals surface area contributed by atoms with Gasteiger partial charge in [0.15, 0.2) is 0 Å². The molecule has 1 aromatic rings. The van der Waals surface area contributed by atoms with Crippen LogP contribution >= 0.6 is 0 Å². The van der Waals surface area contributed by atoms with Gasteiger partial charge in [0.05, 0.1) is 6.10 Å². The standard InChI is InChI=1S/C14H23NO/c1-10(2)12(4)16-14-8-6-7-13(9-14)11(3)15-5/h6-12,15H,1-5H3. The lowest BCUT2D eigenvalue weighted by Gasteiger charge is -2.19. The van der Waals surface area contributed by atoms with Crippen molar-refractivity contribution in [1.29, 1.82) is 0 Å². The molecular formula is C14H23NO. The van der Waals surface area contributed by atoms with Gasteiger partial charge >= 0.3 is 0 Å². The average Bonchev–Trinajstić information content (AvgIpc) is 2.28. The first-order chi connectivity index (χ1) is 7.54. The fraction of sp³-hybridized carbons (Fsp3) is 0.571. The van der Waals surface area contributed by atoms with Gasteiger partial charge in [0.25, 0.3) is 0 Å². The van der Waals surface area contributed by atoms with E-state index in [-0.39, 0.29) is 6.10 Å². The molecule has 0 amide bonds. The highest BCUT2D eigenvalue weighted by Gasteiger charge is 2.09. The highest BCUT2D eigenvalue weighted by molar-refractivity contribution is 5.30. The first-order valence-corrected chi connectivity index (χ1v) is 5.98. The monoisotopic (exact) mass is 221 g/mol. The number of hydrogen-bond acceptors (Lipinski definition) is 2. The first-order valence-electron chi connectivity index (χ1n) is 5.98. The number of benzene rings is 1. The van der Waals surface area contributed by atoms with Crippen LogP contribution in [0.5, 0.6) is 5.75 Å². The molecule has 2 atom stereocenters. The lowest BCUT2D eigenvalue weighted by molar-refractivity contribution is 0.170. The van der Waals surface area contributed by atoms with Crippen molar-refractivity contribution in [2.45, 2.75) is 39.8 Å². The summed E-state index contributed by atoms with van der Waals surface area (Å²) in [5, 5.41) is 3.23. The molecule has 2 unspecified atom stereocenters. The Labute approximate surface area is 99.0 Å². The minimum absolute atomic E-state index is 0.250. The summed E-state index contributed by atoms with van der Waals surface area (Å²) in [6.07, 6.45) is 0.250. The smallest absolute Gasteiger partial charge is 0.120 e. The summed E-state index contributed by atoms with van der Waals surface area (Å²) < 4.78 is 5.88. The van der Waals surface area contributed by atoms with Crippen LogP contribution in [0.15, 0.2) is 24.3 Å². The summed E-state index contributed by atoms with van der Waals surface area (Å²) in [5.41, 5.74) is 1.26. The SMILES string of the molecule is CNC(C)c1cccc(OC(C)C(C)C)c1. The quantitative estimate of drug-likeness (QED) is 0.823. The van der Waals surface area contributed by atoms with Crippen molar-refractivity contribution in [3.05, 3.63) is 29.8 Å². The molecule has 0 saturated carbocycles. The van der Waals surface area contributed by atoms with E-state index in [0.717, 1.165) is 5.75 Å². The van der Waals surface area contributed by atoms with Crippen LogP contribution < -0.4 is 10.1 Å². The Morgan fingerprint density at radius 2 is 1.81 bits per heavy atom. The molecule has 0 aliphatic heterocycles. The van der Waals surface area contributed by atoms with Gasteiger partial charge in [0.1, 0.15) is 5.75 Å². The van der Waals surface area contributed by atoms with E-state index in [4.69, 9.17) is 4.74 Å². The minimum Gasteiger partial charge on any atom is -0.490 e. The van der Waals surface area contributed by atoms with Gasteiger partial charge in [-0.3, -0.25) is 0 Å². The van der Waals surface area contributed by atoms with Crippen molar-refractivity contribution < 1.29 is 4.74 Å². The maximum atomic E-state index is 5.88. The molecule has 0 aliphatic rings. The third-order valence-electron chi connectivity index (χ3n) is 3.05. The fourth-order valence-corrected chi connectivity index (χ4v) is 1.37. The highest BCUT2D eigenvalue weighted by atomic mass is 16.5. The van der Waals surface area contributed by atoms with E-state index in [9.17, 15) is 0 Å². The van der Waals surface area contributed by atoms with Crippen LogP contribution in [-0.2, 0) is 0 Å². The molecule has 1 aromatic carbocycles. The predicted molar refractivity (Wildman–Crippen MR) is 68.8 cm³/mol. The molecule has 0 fully saturated rings. The van der Waals surface area contributed by atoms with Gasteiger partial charge in [-0.2, -0.15) is 0 Å². The summed E-state index contributed by atoms with van der Waals surface area (Å²) in [4.78, 5) is 0. The zero-order valence-corrected chi connectivity index (χ0v) is 10.9. The van der Waals surface area contributed by atoms with Crippen LogP contribution in [0, 0.1) is 5.92 Å². The summed E-state index contributed by atoms with van der Waals surface area (Å²) in [5.74, 6) is 1.49. The molecule has 2 heteroatoms. The maximum absolute atomic E-state index is 5.88. The highest BCUT2D eigenvalue weighted by Crippen LogP contribution is 2.21. The van der Waals surface area contributed by atoms with E-state index in [1.165, 1.54) is 5.56 Å². The molecule has 1 N–H and O–H groups in total. The third-order valence-corrected chi connectivity index (χ3v) is 3.05. The molecule has 0 bridgehead atoms. The zero-order valence-electron chi connectivity index (χ0n) is 10.9. The topological polar surface area (TPSA) is 21.3 Å². The van der Waals surface area contributed by atoms with E-state index in [0.29, 0.717) is 12.0 Å². The van der Waals surface area contributed by atoms with Gasteiger partial charge in [0.2, 0.25) is 0 Å². The molecule has 90 valence electrons. The largest absolute Gasteiger partial charge is 0.490 e. The van der Waals surface area contributed by atoms with Crippen LogP contribution in [-0.4, -0.2) is 13.2 Å². The van der Waals surface area contributed by atoms with Gasteiger partial charge in [-0.05, 0) is 44.5 Å². The van der Waals surface area contributed by atoms with Crippen LogP contribution in [0.3, 0.4) is 0 Å². The third kappa shape index (κ3) is 3.53. The zero-order chi connectivity index (χ0) is 12.1. The van der Waals surface area contributed by atoms with Gasteiger partial charge in [0, 0.05) is 6.04 Å². The second-order valence-electron chi connectivity index (χ2n) is 4.65. The molecule has 0 spiro atoms. The normalized spacial score (nSPS) is 14.9. The Morgan fingerprint density at radius 3 is 2.38 bits per heavy atom. The van der Waals surface area contributed by atoms with E-state index in [1.54, 1.807) is 0 Å². The molecule has 0 saturated heterocycles. The summed E-state index contributed by atoms with van der Waals surface area (Å²) >= 11 is 0. The van der Waals surface area contributed by atoms with Gasteiger partial charge in [-0.1, -0.05) is 26.0 Å². The molecule has 16 heavy (non-hydrogen) atoms. The molecular weight excluding hydrogens is 198 g/mol. The lowest BCUT2D eigenvalue weighted by Crippen LogP contribution is -2.19. The van der Waals surface area contributed by atoms with Crippen molar-refractivity contribution in [3.8, 4) is 5.75 Å². The Morgan fingerprint density at radius 1 is 1.12 bits per heavy atom. The molecule has 0 aromatic heterocycles. The van der Waals surface area contributed by atoms with Crippen molar-refractivity contribution >= 4 is 0 Å². The van der Waals surface area contributed by atoms with Crippen LogP contribution in [0.1, 0.15) is 39.3 Å². The van der Waals surface area contributed by atoms with Crippen molar-refractivity contribution in [1.82, 2.24) is 5.32 Å². The van der Waals surface area contributed by atoms with Crippen LogP contribution in [0.25, 0.3) is 0 Å². The van der Waals surface area contributed by atoms with Crippen LogP contribution in [0.2, 0.25) is 0 Å². The van der Waals surface area contributed by atoms with Gasteiger partial charge < -0.3 is 10.1 Å². The maximum Gasteiger partial charge on any atom is 0.120 e. The Balaban J connectivity index is 2.74. The van der Waals surface area contributed by atoms with Crippen molar-refractivity contribution in [2.75, 3.05) is 7.05 Å².